The molecule has 0 spiro atoms. The molecule has 0 fully saturated rings. The van der Waals surface area contributed by atoms with Crippen LogP contribution in [0.15, 0.2) is 22.7 Å². The Morgan fingerprint density at radius 1 is 1.47 bits per heavy atom. The predicted octanol–water partition coefficient (Wildman–Crippen LogP) is 3.65. The molecule has 0 amide bonds. The van der Waals surface area contributed by atoms with Gasteiger partial charge >= 0.3 is 0 Å². The number of benzene rings is 1. The van der Waals surface area contributed by atoms with Gasteiger partial charge in [-0.2, -0.15) is 0 Å². The second-order valence-electron chi connectivity index (χ2n) is 3.80. The summed E-state index contributed by atoms with van der Waals surface area (Å²) in [6, 6.07) is 5.47. The zero-order chi connectivity index (χ0) is 11.3. The zero-order valence-electron chi connectivity index (χ0n) is 8.97. The fourth-order valence-electron chi connectivity index (χ4n) is 1.48. The quantitative estimate of drug-likeness (QED) is 0.871. The van der Waals surface area contributed by atoms with Crippen molar-refractivity contribution < 1.29 is 4.39 Å². The van der Waals surface area contributed by atoms with E-state index in [4.69, 9.17) is 5.73 Å². The molecule has 1 rings (SSSR count). The molecular formula is C12H17BrFN. The summed E-state index contributed by atoms with van der Waals surface area (Å²) in [6.45, 7) is 2.07. The number of rotatable bonds is 5. The molecule has 1 atom stereocenters. The molecule has 1 aromatic rings. The average Bonchev–Trinajstić information content (AvgIpc) is 2.21. The van der Waals surface area contributed by atoms with Gasteiger partial charge in [-0.15, -0.1) is 0 Å². The van der Waals surface area contributed by atoms with Gasteiger partial charge in [-0.05, 0) is 43.4 Å². The van der Waals surface area contributed by atoms with E-state index >= 15 is 0 Å². The Hall–Kier alpha value is -0.410. The summed E-state index contributed by atoms with van der Waals surface area (Å²) in [5, 5.41) is 0. The Morgan fingerprint density at radius 3 is 2.80 bits per heavy atom. The van der Waals surface area contributed by atoms with Crippen LogP contribution in [0.4, 0.5) is 4.39 Å². The second kappa shape index (κ2) is 6.23. The standard InChI is InChI=1S/C12H17BrFN/c1-2-11(15)5-3-4-9-6-7-10(13)8-12(9)14/h6-8,11H,2-5,15H2,1H3. The molecular weight excluding hydrogens is 257 g/mol. The van der Waals surface area contributed by atoms with Crippen molar-refractivity contribution in [3.8, 4) is 0 Å². The molecule has 0 aliphatic rings. The fourth-order valence-corrected chi connectivity index (χ4v) is 1.82. The Balaban J connectivity index is 2.44. The highest BCUT2D eigenvalue weighted by Gasteiger charge is 2.04. The summed E-state index contributed by atoms with van der Waals surface area (Å²) in [7, 11) is 0. The van der Waals surface area contributed by atoms with Crippen LogP contribution in [-0.2, 0) is 6.42 Å². The third kappa shape index (κ3) is 4.31. The molecule has 1 nitrogen and oxygen atoms in total. The Morgan fingerprint density at radius 2 is 2.20 bits per heavy atom. The third-order valence-electron chi connectivity index (χ3n) is 2.56. The number of hydrogen-bond donors (Lipinski definition) is 1. The minimum absolute atomic E-state index is 0.130. The van der Waals surface area contributed by atoms with Crippen molar-refractivity contribution in [2.24, 2.45) is 5.73 Å². The van der Waals surface area contributed by atoms with Gasteiger partial charge in [0.05, 0.1) is 0 Å². The van der Waals surface area contributed by atoms with Gasteiger partial charge in [0.2, 0.25) is 0 Å². The highest BCUT2D eigenvalue weighted by Crippen LogP contribution is 2.17. The molecule has 0 aromatic heterocycles. The van der Waals surface area contributed by atoms with E-state index in [2.05, 4.69) is 22.9 Å². The van der Waals surface area contributed by atoms with E-state index in [-0.39, 0.29) is 11.9 Å². The summed E-state index contributed by atoms with van der Waals surface area (Å²) in [5.41, 5.74) is 6.58. The summed E-state index contributed by atoms with van der Waals surface area (Å²) in [5.74, 6) is -0.130. The average molecular weight is 274 g/mol. The molecule has 0 bridgehead atoms. The van der Waals surface area contributed by atoms with Crippen LogP contribution in [0.5, 0.6) is 0 Å². The molecule has 0 aliphatic carbocycles. The van der Waals surface area contributed by atoms with Gasteiger partial charge in [0.1, 0.15) is 5.82 Å². The van der Waals surface area contributed by atoms with Crippen molar-refractivity contribution in [3.05, 3.63) is 34.1 Å². The lowest BCUT2D eigenvalue weighted by Crippen LogP contribution is -2.18. The molecule has 0 heterocycles. The first-order chi connectivity index (χ1) is 7.13. The number of aryl methyl sites for hydroxylation is 1. The van der Waals surface area contributed by atoms with Crippen LogP contribution in [0.3, 0.4) is 0 Å². The monoisotopic (exact) mass is 273 g/mol. The van der Waals surface area contributed by atoms with Crippen molar-refractivity contribution in [3.63, 3.8) is 0 Å². The lowest BCUT2D eigenvalue weighted by atomic mass is 10.0. The van der Waals surface area contributed by atoms with Crippen LogP contribution >= 0.6 is 15.9 Å². The lowest BCUT2D eigenvalue weighted by Gasteiger charge is -2.08. The molecule has 0 saturated carbocycles. The van der Waals surface area contributed by atoms with Crippen LogP contribution in [0.25, 0.3) is 0 Å². The SMILES string of the molecule is CCC(N)CCCc1ccc(Br)cc1F. The summed E-state index contributed by atoms with van der Waals surface area (Å²) in [4.78, 5) is 0. The van der Waals surface area contributed by atoms with Crippen LogP contribution in [-0.4, -0.2) is 6.04 Å². The van der Waals surface area contributed by atoms with Gasteiger partial charge in [-0.3, -0.25) is 0 Å². The summed E-state index contributed by atoms with van der Waals surface area (Å²) >= 11 is 3.24. The smallest absolute Gasteiger partial charge is 0.127 e. The second-order valence-corrected chi connectivity index (χ2v) is 4.71. The maximum absolute atomic E-state index is 13.4. The lowest BCUT2D eigenvalue weighted by molar-refractivity contribution is 0.553. The minimum atomic E-state index is -0.130. The molecule has 1 unspecified atom stereocenters. The van der Waals surface area contributed by atoms with Crippen LogP contribution in [0, 0.1) is 5.82 Å². The Labute approximate surface area is 99.0 Å². The maximum Gasteiger partial charge on any atom is 0.127 e. The molecule has 84 valence electrons. The van der Waals surface area contributed by atoms with Crippen LogP contribution in [0.1, 0.15) is 31.7 Å². The van der Waals surface area contributed by atoms with E-state index in [0.29, 0.717) is 0 Å². The van der Waals surface area contributed by atoms with E-state index in [1.165, 1.54) is 6.07 Å². The van der Waals surface area contributed by atoms with Crippen LogP contribution in [0.2, 0.25) is 0 Å². The van der Waals surface area contributed by atoms with Crippen LogP contribution < -0.4 is 5.73 Å². The van der Waals surface area contributed by atoms with Crippen molar-refractivity contribution in [1.29, 1.82) is 0 Å². The molecule has 0 aliphatic heterocycles. The van der Waals surface area contributed by atoms with E-state index < -0.39 is 0 Å². The van der Waals surface area contributed by atoms with Gasteiger partial charge in [-0.1, -0.05) is 28.9 Å². The van der Waals surface area contributed by atoms with E-state index in [1.54, 1.807) is 0 Å². The van der Waals surface area contributed by atoms with Gasteiger partial charge in [0.15, 0.2) is 0 Å². The molecule has 0 radical (unpaired) electrons. The number of hydrogen-bond acceptors (Lipinski definition) is 1. The molecule has 3 heteroatoms. The van der Waals surface area contributed by atoms with E-state index in [9.17, 15) is 4.39 Å². The Kier molecular flexibility index (Phi) is 5.26. The fraction of sp³-hybridized carbons (Fsp3) is 0.500. The summed E-state index contributed by atoms with van der Waals surface area (Å²) < 4.78 is 14.2. The highest BCUT2D eigenvalue weighted by molar-refractivity contribution is 9.10. The van der Waals surface area contributed by atoms with Crippen molar-refractivity contribution >= 4 is 15.9 Å². The number of nitrogens with two attached hydrogens (primary N) is 1. The predicted molar refractivity (Wildman–Crippen MR) is 65.3 cm³/mol. The zero-order valence-corrected chi connectivity index (χ0v) is 10.6. The third-order valence-corrected chi connectivity index (χ3v) is 3.05. The van der Waals surface area contributed by atoms with Gasteiger partial charge in [0, 0.05) is 10.5 Å². The number of halogens is 2. The van der Waals surface area contributed by atoms with Gasteiger partial charge in [-0.25, -0.2) is 4.39 Å². The highest BCUT2D eigenvalue weighted by atomic mass is 79.9. The molecule has 0 saturated heterocycles. The molecule has 2 N–H and O–H groups in total. The Bertz CT molecular complexity index is 314. The van der Waals surface area contributed by atoms with Gasteiger partial charge < -0.3 is 5.73 Å². The van der Waals surface area contributed by atoms with Crippen molar-refractivity contribution in [2.45, 2.75) is 38.6 Å². The first kappa shape index (κ1) is 12.7. The topological polar surface area (TPSA) is 26.0 Å². The molecule has 1 aromatic carbocycles. The van der Waals surface area contributed by atoms with Crippen molar-refractivity contribution in [2.75, 3.05) is 0 Å². The maximum atomic E-state index is 13.4. The normalized spacial score (nSPS) is 12.8. The first-order valence-corrected chi connectivity index (χ1v) is 6.12. The van der Waals surface area contributed by atoms with Crippen molar-refractivity contribution in [1.82, 2.24) is 0 Å². The molecule has 15 heavy (non-hydrogen) atoms. The van der Waals surface area contributed by atoms with E-state index in [0.717, 1.165) is 35.7 Å². The largest absolute Gasteiger partial charge is 0.328 e. The minimum Gasteiger partial charge on any atom is -0.328 e. The van der Waals surface area contributed by atoms with Gasteiger partial charge in [0.25, 0.3) is 0 Å². The summed E-state index contributed by atoms with van der Waals surface area (Å²) in [6.07, 6.45) is 3.68. The van der Waals surface area contributed by atoms with E-state index in [1.807, 2.05) is 12.1 Å². The first-order valence-electron chi connectivity index (χ1n) is 5.33.